The van der Waals surface area contributed by atoms with Crippen molar-refractivity contribution >= 4 is 5.91 Å². The second kappa shape index (κ2) is 7.92. The molecule has 7 heteroatoms. The number of amides is 1. The maximum Gasteiger partial charge on any atom is 0.237 e. The lowest BCUT2D eigenvalue weighted by atomic mass is 10.1. The van der Waals surface area contributed by atoms with Gasteiger partial charge in [-0.25, -0.2) is 4.68 Å². The van der Waals surface area contributed by atoms with Crippen LogP contribution in [0.4, 0.5) is 0 Å². The summed E-state index contributed by atoms with van der Waals surface area (Å²) in [6.45, 7) is 1.29. The number of nitrogens with zero attached hydrogens (tertiary/aromatic N) is 4. The predicted molar refractivity (Wildman–Crippen MR) is 108 cm³/mol. The lowest BCUT2D eigenvalue weighted by Crippen LogP contribution is -2.41. The largest absolute Gasteiger partial charge is 0.358 e. The van der Waals surface area contributed by atoms with E-state index in [1.54, 1.807) is 19.4 Å². The molecule has 1 saturated heterocycles. The highest BCUT2D eigenvalue weighted by Gasteiger charge is 2.35. The maximum absolute atomic E-state index is 12.3. The second-order valence-electron chi connectivity index (χ2n) is 7.07. The summed E-state index contributed by atoms with van der Waals surface area (Å²) in [6, 6.07) is 13.7. The van der Waals surface area contributed by atoms with Crippen LogP contribution in [-0.2, 0) is 11.3 Å². The van der Waals surface area contributed by atoms with Crippen molar-refractivity contribution in [3.8, 4) is 16.9 Å². The van der Waals surface area contributed by atoms with Crippen LogP contribution in [-0.4, -0.2) is 51.2 Å². The molecule has 144 valence electrons. The molecule has 0 spiro atoms. The fourth-order valence-electron chi connectivity index (χ4n) is 3.76. The first-order chi connectivity index (χ1) is 13.7. The Balaban J connectivity index is 1.71. The summed E-state index contributed by atoms with van der Waals surface area (Å²) in [5.74, 6) is 0.00821. The first-order valence-electron chi connectivity index (χ1n) is 9.41. The molecule has 1 aromatic carbocycles. The highest BCUT2D eigenvalue weighted by atomic mass is 16.2. The Bertz CT molecular complexity index is 940. The number of carbonyl (C=O) groups is 1. The molecule has 1 amide bonds. The van der Waals surface area contributed by atoms with Gasteiger partial charge in [0.25, 0.3) is 0 Å². The Morgan fingerprint density at radius 1 is 1.21 bits per heavy atom. The number of benzene rings is 1. The summed E-state index contributed by atoms with van der Waals surface area (Å²) in [5.41, 5.74) is 10.1. The van der Waals surface area contributed by atoms with E-state index in [2.05, 4.69) is 15.2 Å². The molecule has 0 aliphatic carbocycles. The van der Waals surface area contributed by atoms with E-state index in [4.69, 9.17) is 10.8 Å². The van der Waals surface area contributed by atoms with Gasteiger partial charge in [-0.3, -0.25) is 14.7 Å². The van der Waals surface area contributed by atoms with Crippen molar-refractivity contribution in [1.29, 1.82) is 0 Å². The molecule has 3 aromatic rings. The molecule has 2 aromatic heterocycles. The van der Waals surface area contributed by atoms with Gasteiger partial charge in [0.15, 0.2) is 0 Å². The number of rotatable bonds is 5. The number of hydrogen-bond donors (Lipinski definition) is 2. The number of carbonyl (C=O) groups excluding carboxylic acids is 1. The van der Waals surface area contributed by atoms with Crippen molar-refractivity contribution < 1.29 is 4.79 Å². The van der Waals surface area contributed by atoms with Crippen LogP contribution in [0.3, 0.4) is 0 Å². The normalized spacial score (nSPS) is 19.6. The van der Waals surface area contributed by atoms with Gasteiger partial charge in [0.05, 0.1) is 17.4 Å². The van der Waals surface area contributed by atoms with Gasteiger partial charge in [-0.15, -0.1) is 0 Å². The molecule has 0 unspecified atom stereocenters. The Labute approximate surface area is 164 Å². The van der Waals surface area contributed by atoms with Crippen LogP contribution >= 0.6 is 0 Å². The molecule has 1 fully saturated rings. The Hall–Kier alpha value is -3.03. The lowest BCUT2D eigenvalue weighted by molar-refractivity contribution is -0.125. The summed E-state index contributed by atoms with van der Waals surface area (Å²) in [6.07, 6.45) is 6.23. The van der Waals surface area contributed by atoms with Gasteiger partial charge in [0.1, 0.15) is 0 Å². The van der Waals surface area contributed by atoms with Crippen LogP contribution in [0, 0.1) is 0 Å². The minimum atomic E-state index is -0.217. The van der Waals surface area contributed by atoms with E-state index in [1.807, 2.05) is 53.3 Å². The third-order valence-electron chi connectivity index (χ3n) is 5.12. The molecule has 1 aliphatic rings. The lowest BCUT2D eigenvalue weighted by Gasteiger charge is -2.22. The topological polar surface area (TPSA) is 89.1 Å². The van der Waals surface area contributed by atoms with Gasteiger partial charge in [0, 0.05) is 55.9 Å². The van der Waals surface area contributed by atoms with Crippen molar-refractivity contribution in [3.05, 3.63) is 66.6 Å². The molecule has 0 radical (unpaired) electrons. The zero-order valence-electron chi connectivity index (χ0n) is 15.8. The number of hydrogen-bond acceptors (Lipinski definition) is 5. The Kier molecular flexibility index (Phi) is 5.18. The molecule has 1 aliphatic heterocycles. The van der Waals surface area contributed by atoms with Crippen LogP contribution < -0.4 is 11.1 Å². The number of nitrogens with two attached hydrogens (primary N) is 1. The first kappa shape index (κ1) is 18.3. The summed E-state index contributed by atoms with van der Waals surface area (Å²) in [5, 5.41) is 7.59. The zero-order chi connectivity index (χ0) is 19.5. The van der Waals surface area contributed by atoms with Crippen LogP contribution in [0.5, 0.6) is 0 Å². The number of likely N-dealkylation sites (N-methyl/N-ethyl adjacent to an activating group) is 1. The fourth-order valence-corrected chi connectivity index (χ4v) is 3.76. The van der Waals surface area contributed by atoms with Crippen LogP contribution in [0.2, 0.25) is 0 Å². The molecule has 4 rings (SSSR count). The molecule has 7 nitrogen and oxygen atoms in total. The Morgan fingerprint density at radius 3 is 2.68 bits per heavy atom. The minimum absolute atomic E-state index is 0.00385. The maximum atomic E-state index is 12.3. The molecule has 3 heterocycles. The number of likely N-dealkylation sites (tertiary alicyclic amines) is 1. The van der Waals surface area contributed by atoms with Crippen molar-refractivity contribution in [2.45, 2.75) is 25.0 Å². The SMILES string of the molecule is CNC(=O)[C@@H]1C[C@H](N)CN1Cc1cn(-c2ccccc2)nc1-c1ccncc1. The van der Waals surface area contributed by atoms with Gasteiger partial charge < -0.3 is 11.1 Å². The fraction of sp³-hybridized carbons (Fsp3) is 0.286. The van der Waals surface area contributed by atoms with Gasteiger partial charge >= 0.3 is 0 Å². The van der Waals surface area contributed by atoms with Gasteiger partial charge in [0.2, 0.25) is 5.91 Å². The molecule has 2 atom stereocenters. The molecule has 3 N–H and O–H groups in total. The van der Waals surface area contributed by atoms with Crippen LogP contribution in [0.15, 0.2) is 61.1 Å². The first-order valence-corrected chi connectivity index (χ1v) is 9.41. The van der Waals surface area contributed by atoms with E-state index >= 15 is 0 Å². The highest BCUT2D eigenvalue weighted by Crippen LogP contribution is 2.27. The van der Waals surface area contributed by atoms with Crippen molar-refractivity contribution in [2.75, 3.05) is 13.6 Å². The minimum Gasteiger partial charge on any atom is -0.358 e. The van der Waals surface area contributed by atoms with Crippen LogP contribution in [0.1, 0.15) is 12.0 Å². The number of aromatic nitrogens is 3. The van der Waals surface area contributed by atoms with E-state index in [9.17, 15) is 4.79 Å². The Morgan fingerprint density at radius 2 is 1.96 bits per heavy atom. The van der Waals surface area contributed by atoms with Crippen molar-refractivity contribution in [2.24, 2.45) is 5.73 Å². The van der Waals surface area contributed by atoms with E-state index in [0.717, 1.165) is 22.5 Å². The summed E-state index contributed by atoms with van der Waals surface area (Å²) in [7, 11) is 1.67. The van der Waals surface area contributed by atoms with Gasteiger partial charge in [-0.1, -0.05) is 18.2 Å². The molecule has 0 saturated carbocycles. The van der Waals surface area contributed by atoms with E-state index in [1.165, 1.54) is 0 Å². The third-order valence-corrected chi connectivity index (χ3v) is 5.12. The summed E-state index contributed by atoms with van der Waals surface area (Å²) >= 11 is 0. The van der Waals surface area contributed by atoms with E-state index in [0.29, 0.717) is 19.5 Å². The highest BCUT2D eigenvalue weighted by molar-refractivity contribution is 5.82. The monoisotopic (exact) mass is 376 g/mol. The quantitative estimate of drug-likeness (QED) is 0.706. The molecular weight excluding hydrogens is 352 g/mol. The summed E-state index contributed by atoms with van der Waals surface area (Å²) < 4.78 is 1.88. The number of pyridine rings is 1. The average Bonchev–Trinajstić information content (AvgIpc) is 3.32. The number of para-hydroxylation sites is 1. The summed E-state index contributed by atoms with van der Waals surface area (Å²) in [4.78, 5) is 18.6. The molecular formula is C21H24N6O. The zero-order valence-corrected chi connectivity index (χ0v) is 15.8. The second-order valence-corrected chi connectivity index (χ2v) is 7.07. The standard InChI is InChI=1S/C21H24N6O/c1-23-21(28)19-11-17(22)14-26(19)12-16-13-27(18-5-3-2-4-6-18)25-20(16)15-7-9-24-10-8-15/h2-10,13,17,19H,11-12,14,22H2,1H3,(H,23,28)/t17-,19-/m0/s1. The molecule has 0 bridgehead atoms. The smallest absolute Gasteiger partial charge is 0.237 e. The van der Waals surface area contributed by atoms with Gasteiger partial charge in [-0.2, -0.15) is 5.10 Å². The van der Waals surface area contributed by atoms with Gasteiger partial charge in [-0.05, 0) is 30.7 Å². The van der Waals surface area contributed by atoms with Crippen molar-refractivity contribution in [3.63, 3.8) is 0 Å². The molecule has 28 heavy (non-hydrogen) atoms. The van der Waals surface area contributed by atoms with Crippen molar-refractivity contribution in [1.82, 2.24) is 25.0 Å². The van der Waals surface area contributed by atoms with E-state index in [-0.39, 0.29) is 18.0 Å². The van der Waals surface area contributed by atoms with Crippen LogP contribution in [0.25, 0.3) is 16.9 Å². The van der Waals surface area contributed by atoms with E-state index < -0.39 is 0 Å². The number of nitrogens with one attached hydrogen (secondary N) is 1. The average molecular weight is 376 g/mol. The predicted octanol–water partition coefficient (Wildman–Crippen LogP) is 1.58. The third kappa shape index (κ3) is 3.67.